The zero-order valence-corrected chi connectivity index (χ0v) is 10.1. The summed E-state index contributed by atoms with van der Waals surface area (Å²) in [7, 11) is 5.13. The number of methoxy groups -OCH3 is 1. The fourth-order valence-corrected chi connectivity index (χ4v) is 1.92. The van der Waals surface area contributed by atoms with E-state index in [1.165, 1.54) is 18.4 Å². The van der Waals surface area contributed by atoms with E-state index in [-0.39, 0.29) is 5.97 Å². The molecule has 0 fully saturated rings. The lowest BCUT2D eigenvalue weighted by Gasteiger charge is -2.03. The van der Waals surface area contributed by atoms with Crippen LogP contribution >= 0.6 is 11.3 Å². The highest BCUT2D eigenvalue weighted by atomic mass is 32.1. The van der Waals surface area contributed by atoms with Crippen molar-refractivity contribution in [1.82, 2.24) is 4.90 Å². The van der Waals surface area contributed by atoms with Gasteiger partial charge in [-0.2, -0.15) is 0 Å². The second-order valence-electron chi connectivity index (χ2n) is 3.30. The molecule has 0 saturated heterocycles. The van der Waals surface area contributed by atoms with E-state index in [4.69, 9.17) is 0 Å². The molecule has 0 aromatic carbocycles. The maximum absolute atomic E-state index is 11.4. The van der Waals surface area contributed by atoms with Gasteiger partial charge in [-0.1, -0.05) is 0 Å². The Balaban J connectivity index is 3.04. The fourth-order valence-electron chi connectivity index (χ4n) is 1.01. The molecule has 0 N–H and O–H groups in total. The molecule has 4 nitrogen and oxygen atoms in total. The molecule has 15 heavy (non-hydrogen) atoms. The Morgan fingerprint density at radius 1 is 1.60 bits per heavy atom. The molecule has 82 valence electrons. The summed E-state index contributed by atoms with van der Waals surface area (Å²) in [5.41, 5.74) is 1.68. The van der Waals surface area contributed by atoms with Crippen molar-refractivity contribution < 1.29 is 9.53 Å². The van der Waals surface area contributed by atoms with E-state index in [2.05, 4.69) is 9.73 Å². The van der Waals surface area contributed by atoms with Gasteiger partial charge in [0.1, 0.15) is 4.88 Å². The molecule has 1 heterocycles. The number of carbonyl (C=O) groups is 1. The molecule has 5 heteroatoms. The van der Waals surface area contributed by atoms with Crippen LogP contribution in [0.5, 0.6) is 0 Å². The standard InChI is InChI=1S/C10H14N2O2S/c1-7-5-15-9(10(13)14-4)8(7)11-6-12(2)3/h5-6H,1-4H3. The second kappa shape index (κ2) is 4.93. The molecule has 0 atom stereocenters. The average Bonchev–Trinajstić information content (AvgIpc) is 2.55. The summed E-state index contributed by atoms with van der Waals surface area (Å²) >= 11 is 1.35. The number of hydrogen-bond acceptors (Lipinski definition) is 4. The van der Waals surface area contributed by atoms with Crippen LogP contribution < -0.4 is 0 Å². The SMILES string of the molecule is COC(=O)c1scc(C)c1N=CN(C)C. The minimum absolute atomic E-state index is 0.334. The quantitative estimate of drug-likeness (QED) is 0.450. The van der Waals surface area contributed by atoms with E-state index in [0.29, 0.717) is 10.6 Å². The van der Waals surface area contributed by atoms with Gasteiger partial charge in [0.05, 0.1) is 19.1 Å². The predicted octanol–water partition coefficient (Wildman–Crippen LogP) is 2.06. The molecule has 0 aliphatic carbocycles. The van der Waals surface area contributed by atoms with Gasteiger partial charge in [-0.15, -0.1) is 11.3 Å². The summed E-state index contributed by atoms with van der Waals surface area (Å²) in [5.74, 6) is -0.334. The molecule has 0 radical (unpaired) electrons. The van der Waals surface area contributed by atoms with Crippen LogP contribution in [0.25, 0.3) is 0 Å². The fraction of sp³-hybridized carbons (Fsp3) is 0.400. The van der Waals surface area contributed by atoms with Crippen molar-refractivity contribution in [3.63, 3.8) is 0 Å². The number of esters is 1. The summed E-state index contributed by atoms with van der Waals surface area (Å²) < 4.78 is 4.68. The minimum Gasteiger partial charge on any atom is -0.465 e. The number of hydrogen-bond donors (Lipinski definition) is 0. The average molecular weight is 226 g/mol. The van der Waals surface area contributed by atoms with Crippen molar-refractivity contribution in [2.24, 2.45) is 4.99 Å². The first-order chi connectivity index (χ1) is 7.06. The number of aryl methyl sites for hydroxylation is 1. The maximum atomic E-state index is 11.4. The van der Waals surface area contributed by atoms with Crippen LogP contribution in [0.2, 0.25) is 0 Å². The monoisotopic (exact) mass is 226 g/mol. The number of thiophene rings is 1. The van der Waals surface area contributed by atoms with Crippen LogP contribution in [0.3, 0.4) is 0 Å². The van der Waals surface area contributed by atoms with Crippen molar-refractivity contribution >= 4 is 29.3 Å². The van der Waals surface area contributed by atoms with Crippen LogP contribution in [-0.4, -0.2) is 38.4 Å². The lowest BCUT2D eigenvalue weighted by Crippen LogP contribution is -2.07. The van der Waals surface area contributed by atoms with E-state index in [1.807, 2.05) is 31.3 Å². The smallest absolute Gasteiger partial charge is 0.350 e. The first kappa shape index (κ1) is 11.7. The third kappa shape index (κ3) is 2.79. The summed E-state index contributed by atoms with van der Waals surface area (Å²) in [6.45, 7) is 1.92. The van der Waals surface area contributed by atoms with E-state index >= 15 is 0 Å². The van der Waals surface area contributed by atoms with E-state index < -0.39 is 0 Å². The third-order valence-electron chi connectivity index (χ3n) is 1.73. The van der Waals surface area contributed by atoms with Gasteiger partial charge in [0.25, 0.3) is 0 Å². The van der Waals surface area contributed by atoms with Gasteiger partial charge in [0, 0.05) is 14.1 Å². The minimum atomic E-state index is -0.334. The maximum Gasteiger partial charge on any atom is 0.350 e. The molecule has 1 rings (SSSR count). The number of ether oxygens (including phenoxy) is 1. The highest BCUT2D eigenvalue weighted by molar-refractivity contribution is 7.12. The normalized spacial score (nSPS) is 10.7. The molecular formula is C10H14N2O2S. The number of carbonyl (C=O) groups excluding carboxylic acids is 1. The summed E-state index contributed by atoms with van der Waals surface area (Å²) in [6, 6.07) is 0. The Morgan fingerprint density at radius 2 is 2.27 bits per heavy atom. The van der Waals surface area contributed by atoms with Crippen LogP contribution in [0.15, 0.2) is 10.4 Å². The van der Waals surface area contributed by atoms with Gasteiger partial charge in [-0.05, 0) is 17.9 Å². The summed E-state index contributed by atoms with van der Waals surface area (Å²) in [6.07, 6.45) is 1.67. The molecule has 0 bridgehead atoms. The summed E-state index contributed by atoms with van der Waals surface area (Å²) in [5, 5.41) is 1.90. The second-order valence-corrected chi connectivity index (χ2v) is 4.18. The van der Waals surface area contributed by atoms with Gasteiger partial charge in [-0.25, -0.2) is 9.79 Å². The van der Waals surface area contributed by atoms with Crippen LogP contribution in [0, 0.1) is 6.92 Å². The Labute approximate surface area is 93.2 Å². The van der Waals surface area contributed by atoms with Gasteiger partial charge in [0.15, 0.2) is 0 Å². The van der Waals surface area contributed by atoms with Crippen molar-refractivity contribution in [1.29, 1.82) is 0 Å². The Hall–Kier alpha value is -1.36. The van der Waals surface area contributed by atoms with Crippen LogP contribution in [0.1, 0.15) is 15.2 Å². The molecule has 1 aromatic rings. The zero-order valence-electron chi connectivity index (χ0n) is 9.27. The van der Waals surface area contributed by atoms with Crippen LogP contribution in [-0.2, 0) is 4.74 Å². The van der Waals surface area contributed by atoms with Crippen molar-refractivity contribution in [3.05, 3.63) is 15.8 Å². The molecule has 0 unspecified atom stereocenters. The Kier molecular flexibility index (Phi) is 3.85. The van der Waals surface area contributed by atoms with Gasteiger partial charge < -0.3 is 9.64 Å². The molecular weight excluding hydrogens is 212 g/mol. The lowest BCUT2D eigenvalue weighted by molar-refractivity contribution is 0.0607. The van der Waals surface area contributed by atoms with Gasteiger partial charge in [-0.3, -0.25) is 0 Å². The lowest BCUT2D eigenvalue weighted by atomic mass is 10.3. The van der Waals surface area contributed by atoms with Crippen LogP contribution in [0.4, 0.5) is 5.69 Å². The van der Waals surface area contributed by atoms with Crippen molar-refractivity contribution in [2.45, 2.75) is 6.92 Å². The third-order valence-corrected chi connectivity index (χ3v) is 2.80. The topological polar surface area (TPSA) is 41.9 Å². The molecule has 0 saturated carbocycles. The number of nitrogens with zero attached hydrogens (tertiary/aromatic N) is 2. The van der Waals surface area contributed by atoms with Gasteiger partial charge in [0.2, 0.25) is 0 Å². The number of rotatable bonds is 3. The molecule has 1 aromatic heterocycles. The van der Waals surface area contributed by atoms with E-state index in [0.717, 1.165) is 5.56 Å². The first-order valence-corrected chi connectivity index (χ1v) is 5.31. The van der Waals surface area contributed by atoms with E-state index in [1.54, 1.807) is 6.34 Å². The summed E-state index contributed by atoms with van der Waals surface area (Å²) in [4.78, 5) is 18.0. The zero-order chi connectivity index (χ0) is 11.4. The first-order valence-electron chi connectivity index (χ1n) is 4.43. The largest absolute Gasteiger partial charge is 0.465 e. The van der Waals surface area contributed by atoms with Crippen molar-refractivity contribution in [2.75, 3.05) is 21.2 Å². The Bertz CT molecular complexity index is 383. The molecule has 0 aliphatic rings. The Morgan fingerprint density at radius 3 is 2.80 bits per heavy atom. The highest BCUT2D eigenvalue weighted by Gasteiger charge is 2.15. The molecule has 0 aliphatic heterocycles. The highest BCUT2D eigenvalue weighted by Crippen LogP contribution is 2.30. The number of aliphatic imine (C=N–C) groups is 1. The predicted molar refractivity (Wildman–Crippen MR) is 62.2 cm³/mol. The molecule has 0 spiro atoms. The van der Waals surface area contributed by atoms with E-state index in [9.17, 15) is 4.79 Å². The molecule has 0 amide bonds. The van der Waals surface area contributed by atoms with Gasteiger partial charge >= 0.3 is 5.97 Å². The van der Waals surface area contributed by atoms with Crippen molar-refractivity contribution in [3.8, 4) is 0 Å².